The van der Waals surface area contributed by atoms with Crippen molar-refractivity contribution in [2.24, 2.45) is 5.92 Å². The fourth-order valence-corrected chi connectivity index (χ4v) is 4.24. The topological polar surface area (TPSA) is 84.7 Å². The Balaban J connectivity index is 0.00000240. The van der Waals surface area contributed by atoms with Gasteiger partial charge in [0.25, 0.3) is 0 Å². The van der Waals surface area contributed by atoms with Gasteiger partial charge in [-0.1, -0.05) is 18.2 Å². The number of halogens is 1. The summed E-state index contributed by atoms with van der Waals surface area (Å²) >= 11 is 0. The van der Waals surface area contributed by atoms with Crippen molar-refractivity contribution in [1.82, 2.24) is 5.32 Å². The van der Waals surface area contributed by atoms with Crippen LogP contribution >= 0.6 is 12.4 Å². The molecule has 0 bridgehead atoms. The van der Waals surface area contributed by atoms with Gasteiger partial charge in [0.1, 0.15) is 5.75 Å². The molecule has 7 heteroatoms. The molecule has 1 saturated heterocycles. The molecular formula is C22H26ClN3O3. The predicted octanol–water partition coefficient (Wildman–Crippen LogP) is 3.25. The molecule has 2 aromatic rings. The normalized spacial score (nSPS) is 20.6. The highest BCUT2D eigenvalue weighted by Gasteiger charge is 2.37. The Labute approximate surface area is 176 Å². The fraction of sp³-hybridized carbons (Fsp3) is 0.364. The number of benzene rings is 2. The van der Waals surface area contributed by atoms with Crippen molar-refractivity contribution in [3.8, 4) is 5.75 Å². The summed E-state index contributed by atoms with van der Waals surface area (Å²) in [6.07, 6.45) is 3.11. The van der Waals surface area contributed by atoms with Gasteiger partial charge in [-0.05, 0) is 54.7 Å². The first kappa shape index (κ1) is 21.0. The number of methoxy groups -OCH3 is 1. The minimum atomic E-state index is -0.364. The highest BCUT2D eigenvalue weighted by Crippen LogP contribution is 2.34. The van der Waals surface area contributed by atoms with Gasteiger partial charge in [0.15, 0.2) is 0 Å². The van der Waals surface area contributed by atoms with Gasteiger partial charge in [-0.2, -0.15) is 0 Å². The molecule has 1 fully saturated rings. The highest BCUT2D eigenvalue weighted by atomic mass is 35.5. The number of hydrogen-bond donors (Lipinski definition) is 2. The lowest BCUT2D eigenvalue weighted by Gasteiger charge is -2.27. The molecule has 2 aliphatic rings. The number of ether oxygens (including phenoxy) is 1. The Hall–Kier alpha value is -2.73. The van der Waals surface area contributed by atoms with Crippen LogP contribution < -0.4 is 20.7 Å². The van der Waals surface area contributed by atoms with Crippen LogP contribution in [0.4, 0.5) is 11.4 Å². The maximum atomic E-state index is 12.9. The highest BCUT2D eigenvalue weighted by molar-refractivity contribution is 6.01. The first-order valence-electron chi connectivity index (χ1n) is 9.69. The molecule has 2 unspecified atom stereocenters. The smallest absolute Gasteiger partial charge is 0.227 e. The Bertz CT molecular complexity index is 918. The van der Waals surface area contributed by atoms with Crippen molar-refractivity contribution in [2.45, 2.75) is 31.7 Å². The number of fused-ring (bicyclic) bond motifs is 1. The molecule has 0 radical (unpaired) electrons. The van der Waals surface area contributed by atoms with E-state index in [1.54, 1.807) is 12.0 Å². The number of carbonyl (C=O) groups excluding carboxylic acids is 2. The standard InChI is InChI=1S/C22H25N3O3.ClH/c1-28-20-8-3-2-7-19(20)25-13-15(12-21(25)26)22(27)24-18-6-4-5-14-11-16(23)9-10-17(14)18;/h2-3,7-11,15,18H,4-6,12-13,23H2,1H3,(H,24,27);1H. The molecule has 0 spiro atoms. The second kappa shape index (κ2) is 8.74. The lowest BCUT2D eigenvalue weighted by atomic mass is 9.87. The van der Waals surface area contributed by atoms with E-state index >= 15 is 0 Å². The van der Waals surface area contributed by atoms with Crippen LogP contribution in [0.5, 0.6) is 5.75 Å². The number of rotatable bonds is 4. The van der Waals surface area contributed by atoms with Gasteiger partial charge < -0.3 is 20.7 Å². The van der Waals surface area contributed by atoms with Gasteiger partial charge in [0.2, 0.25) is 11.8 Å². The second-order valence-corrected chi connectivity index (χ2v) is 7.49. The minimum Gasteiger partial charge on any atom is -0.495 e. The summed E-state index contributed by atoms with van der Waals surface area (Å²) < 4.78 is 5.37. The molecule has 29 heavy (non-hydrogen) atoms. The van der Waals surface area contributed by atoms with Crippen LogP contribution in [-0.2, 0) is 16.0 Å². The molecule has 1 aliphatic heterocycles. The summed E-state index contributed by atoms with van der Waals surface area (Å²) in [5.41, 5.74) is 9.70. The van der Waals surface area contributed by atoms with E-state index in [1.807, 2.05) is 42.5 Å². The van der Waals surface area contributed by atoms with Gasteiger partial charge >= 0.3 is 0 Å². The van der Waals surface area contributed by atoms with Crippen LogP contribution in [0.2, 0.25) is 0 Å². The molecule has 3 N–H and O–H groups in total. The van der Waals surface area contributed by atoms with Gasteiger partial charge in [0, 0.05) is 18.7 Å². The minimum absolute atomic E-state index is 0. The Morgan fingerprint density at radius 3 is 2.83 bits per heavy atom. The van der Waals surface area contributed by atoms with Crippen LogP contribution in [0.1, 0.15) is 36.4 Å². The number of para-hydroxylation sites is 2. The molecule has 6 nitrogen and oxygen atoms in total. The number of aryl methyl sites for hydroxylation is 1. The van der Waals surface area contributed by atoms with Gasteiger partial charge in [-0.15, -0.1) is 12.4 Å². The molecule has 2 aromatic carbocycles. The Kier molecular flexibility index (Phi) is 6.33. The molecule has 0 saturated carbocycles. The molecule has 2 amide bonds. The molecule has 2 atom stereocenters. The average molecular weight is 416 g/mol. The SMILES string of the molecule is COc1ccccc1N1CC(C(=O)NC2CCCc3cc(N)ccc32)CC1=O.Cl. The maximum absolute atomic E-state index is 12.9. The third-order valence-electron chi connectivity index (χ3n) is 5.67. The summed E-state index contributed by atoms with van der Waals surface area (Å²) in [4.78, 5) is 27.1. The number of nitrogen functional groups attached to an aromatic ring is 1. The zero-order valence-corrected chi connectivity index (χ0v) is 17.2. The van der Waals surface area contributed by atoms with Crippen molar-refractivity contribution in [3.05, 3.63) is 53.6 Å². The average Bonchev–Trinajstić information content (AvgIpc) is 3.09. The van der Waals surface area contributed by atoms with Crippen LogP contribution in [-0.4, -0.2) is 25.5 Å². The molecule has 4 rings (SSSR count). The van der Waals surface area contributed by atoms with Crippen molar-refractivity contribution < 1.29 is 14.3 Å². The number of nitrogens with zero attached hydrogens (tertiary/aromatic N) is 1. The summed E-state index contributed by atoms with van der Waals surface area (Å²) in [6, 6.07) is 13.3. The second-order valence-electron chi connectivity index (χ2n) is 7.49. The van der Waals surface area contributed by atoms with E-state index in [-0.39, 0.29) is 42.6 Å². The molecule has 1 heterocycles. The fourth-order valence-electron chi connectivity index (χ4n) is 4.24. The van der Waals surface area contributed by atoms with Gasteiger partial charge in [-0.25, -0.2) is 0 Å². The number of nitrogens with one attached hydrogen (secondary N) is 1. The van der Waals surface area contributed by atoms with Crippen LogP contribution in [0.15, 0.2) is 42.5 Å². The van der Waals surface area contributed by atoms with Crippen LogP contribution in [0.3, 0.4) is 0 Å². The van der Waals surface area contributed by atoms with Crippen molar-refractivity contribution in [3.63, 3.8) is 0 Å². The monoisotopic (exact) mass is 415 g/mol. The van der Waals surface area contributed by atoms with Gasteiger partial charge in [0.05, 0.1) is 24.8 Å². The Morgan fingerprint density at radius 1 is 1.24 bits per heavy atom. The number of anilines is 2. The van der Waals surface area contributed by atoms with E-state index in [2.05, 4.69) is 5.32 Å². The summed E-state index contributed by atoms with van der Waals surface area (Å²) in [7, 11) is 1.58. The predicted molar refractivity (Wildman–Crippen MR) is 115 cm³/mol. The first-order chi connectivity index (χ1) is 13.6. The molecule has 154 valence electrons. The zero-order valence-electron chi connectivity index (χ0n) is 16.4. The van der Waals surface area contributed by atoms with Crippen molar-refractivity contribution in [2.75, 3.05) is 24.3 Å². The summed E-state index contributed by atoms with van der Waals surface area (Å²) in [5, 5.41) is 3.17. The van der Waals surface area contributed by atoms with E-state index in [1.165, 1.54) is 5.56 Å². The van der Waals surface area contributed by atoms with Crippen molar-refractivity contribution in [1.29, 1.82) is 0 Å². The van der Waals surface area contributed by atoms with E-state index in [9.17, 15) is 9.59 Å². The van der Waals surface area contributed by atoms with Crippen LogP contribution in [0, 0.1) is 5.92 Å². The third-order valence-corrected chi connectivity index (χ3v) is 5.67. The number of nitrogens with two attached hydrogens (primary N) is 1. The largest absolute Gasteiger partial charge is 0.495 e. The maximum Gasteiger partial charge on any atom is 0.227 e. The number of amides is 2. The molecule has 0 aromatic heterocycles. The number of hydrogen-bond acceptors (Lipinski definition) is 4. The van der Waals surface area contributed by atoms with E-state index < -0.39 is 0 Å². The lowest BCUT2D eigenvalue weighted by molar-refractivity contribution is -0.127. The number of carbonyl (C=O) groups is 2. The Morgan fingerprint density at radius 2 is 2.03 bits per heavy atom. The third kappa shape index (κ3) is 4.17. The molecule has 1 aliphatic carbocycles. The van der Waals surface area contributed by atoms with E-state index in [0.29, 0.717) is 18.0 Å². The summed E-state index contributed by atoms with van der Waals surface area (Å²) in [6.45, 7) is 0.367. The first-order valence-corrected chi connectivity index (χ1v) is 9.69. The van der Waals surface area contributed by atoms with Crippen LogP contribution in [0.25, 0.3) is 0 Å². The quantitative estimate of drug-likeness (QED) is 0.750. The zero-order chi connectivity index (χ0) is 19.7. The lowest BCUT2D eigenvalue weighted by Crippen LogP contribution is -2.37. The van der Waals surface area contributed by atoms with Gasteiger partial charge in [-0.3, -0.25) is 9.59 Å². The summed E-state index contributed by atoms with van der Waals surface area (Å²) in [5.74, 6) is 0.147. The molecular weight excluding hydrogens is 390 g/mol. The van der Waals surface area contributed by atoms with E-state index in [0.717, 1.165) is 30.5 Å². The van der Waals surface area contributed by atoms with Crippen molar-refractivity contribution >= 4 is 35.6 Å². The van der Waals surface area contributed by atoms with E-state index in [4.69, 9.17) is 10.5 Å².